The fourth-order valence-electron chi connectivity index (χ4n) is 1.69. The van der Waals surface area contributed by atoms with Crippen molar-refractivity contribution in [1.82, 2.24) is 14.6 Å². The Morgan fingerprint density at radius 2 is 2.11 bits per heavy atom. The Morgan fingerprint density at radius 1 is 1.21 bits per heavy atom. The average molecular weight is 273 g/mol. The number of benzene rings is 1. The second-order valence-electron chi connectivity index (χ2n) is 3.81. The summed E-state index contributed by atoms with van der Waals surface area (Å²) < 4.78 is 14.9. The number of carbonyl (C=O) groups is 1. The van der Waals surface area contributed by atoms with Gasteiger partial charge in [0.2, 0.25) is 0 Å². The van der Waals surface area contributed by atoms with E-state index in [2.05, 4.69) is 10.2 Å². The minimum Gasteiger partial charge on any atom is -0.298 e. The lowest BCUT2D eigenvalue weighted by Crippen LogP contribution is -1.90. The monoisotopic (exact) mass is 273 g/mol. The van der Waals surface area contributed by atoms with Gasteiger partial charge in [0.05, 0.1) is 0 Å². The van der Waals surface area contributed by atoms with Gasteiger partial charge in [-0.1, -0.05) is 6.07 Å². The molecule has 19 heavy (non-hydrogen) atoms. The summed E-state index contributed by atoms with van der Waals surface area (Å²) in [6, 6.07) is 9.66. The number of aromatic nitrogens is 3. The predicted molar refractivity (Wildman–Crippen MR) is 68.9 cm³/mol. The Labute approximate surface area is 112 Å². The van der Waals surface area contributed by atoms with Gasteiger partial charge in [0, 0.05) is 16.7 Å². The maximum Gasteiger partial charge on any atom is 0.200 e. The number of nitrogens with zero attached hydrogens (tertiary/aromatic N) is 3. The SMILES string of the molecule is O=Cc1cc(F)ccc1Sc1nnc2ccccn12. The highest BCUT2D eigenvalue weighted by molar-refractivity contribution is 7.99. The molecule has 0 saturated carbocycles. The van der Waals surface area contributed by atoms with Crippen LogP contribution in [-0.2, 0) is 0 Å². The van der Waals surface area contributed by atoms with E-state index in [-0.39, 0.29) is 0 Å². The zero-order chi connectivity index (χ0) is 13.2. The lowest BCUT2D eigenvalue weighted by atomic mass is 10.2. The average Bonchev–Trinajstić information content (AvgIpc) is 2.84. The summed E-state index contributed by atoms with van der Waals surface area (Å²) in [6.07, 6.45) is 2.47. The third-order valence-electron chi connectivity index (χ3n) is 2.58. The lowest BCUT2D eigenvalue weighted by Gasteiger charge is -2.03. The van der Waals surface area contributed by atoms with Crippen molar-refractivity contribution in [2.24, 2.45) is 0 Å². The number of fused-ring (bicyclic) bond motifs is 1. The molecule has 6 heteroatoms. The van der Waals surface area contributed by atoms with Crippen LogP contribution in [0, 0.1) is 5.82 Å². The number of hydrogen-bond donors (Lipinski definition) is 0. The third-order valence-corrected chi connectivity index (χ3v) is 3.64. The molecule has 0 aliphatic rings. The molecule has 3 aromatic rings. The minimum atomic E-state index is -0.433. The molecule has 0 fully saturated rings. The molecule has 0 saturated heterocycles. The summed E-state index contributed by atoms with van der Waals surface area (Å²) in [6.45, 7) is 0. The van der Waals surface area contributed by atoms with Crippen molar-refractivity contribution >= 4 is 23.7 Å². The van der Waals surface area contributed by atoms with E-state index in [9.17, 15) is 9.18 Å². The highest BCUT2D eigenvalue weighted by atomic mass is 32.2. The lowest BCUT2D eigenvalue weighted by molar-refractivity contribution is 0.112. The summed E-state index contributed by atoms with van der Waals surface area (Å²) >= 11 is 1.28. The van der Waals surface area contributed by atoms with Crippen LogP contribution in [0.4, 0.5) is 4.39 Å². The maximum atomic E-state index is 13.1. The summed E-state index contributed by atoms with van der Waals surface area (Å²) in [5.41, 5.74) is 1.03. The van der Waals surface area contributed by atoms with Crippen LogP contribution in [-0.4, -0.2) is 20.9 Å². The molecule has 0 N–H and O–H groups in total. The number of rotatable bonds is 3. The van der Waals surface area contributed by atoms with E-state index in [0.717, 1.165) is 5.65 Å². The number of hydrogen-bond acceptors (Lipinski definition) is 4. The van der Waals surface area contributed by atoms with Gasteiger partial charge in [-0.05, 0) is 42.1 Å². The van der Waals surface area contributed by atoms with E-state index in [1.807, 2.05) is 28.8 Å². The molecule has 0 radical (unpaired) electrons. The molecule has 0 bridgehead atoms. The van der Waals surface area contributed by atoms with Gasteiger partial charge in [0.25, 0.3) is 0 Å². The van der Waals surface area contributed by atoms with Gasteiger partial charge in [-0.25, -0.2) is 4.39 Å². The maximum absolute atomic E-state index is 13.1. The van der Waals surface area contributed by atoms with Crippen LogP contribution in [0.25, 0.3) is 5.65 Å². The number of pyridine rings is 1. The fourth-order valence-corrected chi connectivity index (χ4v) is 2.58. The van der Waals surface area contributed by atoms with Crippen molar-refractivity contribution < 1.29 is 9.18 Å². The van der Waals surface area contributed by atoms with Crippen molar-refractivity contribution in [1.29, 1.82) is 0 Å². The molecule has 0 aliphatic heterocycles. The summed E-state index contributed by atoms with van der Waals surface area (Å²) in [4.78, 5) is 11.6. The molecule has 4 nitrogen and oxygen atoms in total. The largest absolute Gasteiger partial charge is 0.298 e. The van der Waals surface area contributed by atoms with E-state index in [0.29, 0.717) is 21.9 Å². The highest BCUT2D eigenvalue weighted by Crippen LogP contribution is 2.29. The van der Waals surface area contributed by atoms with Crippen LogP contribution in [0.2, 0.25) is 0 Å². The van der Waals surface area contributed by atoms with Crippen LogP contribution >= 0.6 is 11.8 Å². The first-order valence-electron chi connectivity index (χ1n) is 5.50. The molecule has 2 heterocycles. The van der Waals surface area contributed by atoms with Crippen molar-refractivity contribution in [3.63, 3.8) is 0 Å². The van der Waals surface area contributed by atoms with Crippen LogP contribution in [0.1, 0.15) is 10.4 Å². The molecular formula is C13H8FN3OS. The van der Waals surface area contributed by atoms with Gasteiger partial charge in [0.1, 0.15) is 5.82 Å². The molecule has 2 aromatic heterocycles. The molecule has 1 aromatic carbocycles. The van der Waals surface area contributed by atoms with Crippen LogP contribution < -0.4 is 0 Å². The van der Waals surface area contributed by atoms with Gasteiger partial charge < -0.3 is 0 Å². The Hall–Kier alpha value is -2.21. The first-order valence-corrected chi connectivity index (χ1v) is 6.32. The Bertz CT molecular complexity index is 756. The van der Waals surface area contributed by atoms with Crippen molar-refractivity contribution in [3.05, 3.63) is 54.0 Å². The summed E-state index contributed by atoms with van der Waals surface area (Å²) in [5.74, 6) is -0.433. The number of halogens is 1. The Morgan fingerprint density at radius 3 is 2.95 bits per heavy atom. The van der Waals surface area contributed by atoms with Gasteiger partial charge in [-0.3, -0.25) is 9.20 Å². The van der Waals surface area contributed by atoms with Gasteiger partial charge in [0.15, 0.2) is 17.1 Å². The standard InChI is InChI=1S/C13H8FN3OS/c14-10-4-5-11(9(7-10)8-18)19-13-16-15-12-3-1-2-6-17(12)13/h1-8H. The van der Waals surface area contributed by atoms with Gasteiger partial charge >= 0.3 is 0 Å². The summed E-state index contributed by atoms with van der Waals surface area (Å²) in [5, 5.41) is 8.70. The quantitative estimate of drug-likeness (QED) is 0.688. The minimum absolute atomic E-state index is 0.303. The predicted octanol–water partition coefficient (Wildman–Crippen LogP) is 2.83. The van der Waals surface area contributed by atoms with E-state index >= 15 is 0 Å². The molecule has 3 rings (SSSR count). The normalized spacial score (nSPS) is 10.8. The van der Waals surface area contributed by atoms with E-state index in [4.69, 9.17) is 0 Å². The molecular weight excluding hydrogens is 265 g/mol. The molecule has 0 aliphatic carbocycles. The van der Waals surface area contributed by atoms with Crippen molar-refractivity contribution in [2.45, 2.75) is 10.1 Å². The Kier molecular flexibility index (Phi) is 3.00. The van der Waals surface area contributed by atoms with E-state index in [1.54, 1.807) is 6.07 Å². The molecule has 0 unspecified atom stereocenters. The highest BCUT2D eigenvalue weighted by Gasteiger charge is 2.10. The third kappa shape index (κ3) is 2.22. The fraction of sp³-hybridized carbons (Fsp3) is 0. The Balaban J connectivity index is 2.03. The first-order chi connectivity index (χ1) is 9.28. The smallest absolute Gasteiger partial charge is 0.200 e. The van der Waals surface area contributed by atoms with Crippen molar-refractivity contribution in [2.75, 3.05) is 0 Å². The van der Waals surface area contributed by atoms with Gasteiger partial charge in [-0.15, -0.1) is 10.2 Å². The molecule has 0 atom stereocenters. The van der Waals surface area contributed by atoms with E-state index < -0.39 is 5.82 Å². The van der Waals surface area contributed by atoms with Crippen LogP contribution in [0.3, 0.4) is 0 Å². The number of carbonyl (C=O) groups excluding carboxylic acids is 1. The summed E-state index contributed by atoms with van der Waals surface area (Å²) in [7, 11) is 0. The second-order valence-corrected chi connectivity index (χ2v) is 4.82. The van der Waals surface area contributed by atoms with E-state index in [1.165, 1.54) is 23.9 Å². The van der Waals surface area contributed by atoms with Gasteiger partial charge in [-0.2, -0.15) is 0 Å². The van der Waals surface area contributed by atoms with Crippen LogP contribution in [0.15, 0.2) is 52.6 Å². The number of aldehydes is 1. The zero-order valence-corrected chi connectivity index (χ0v) is 10.5. The molecule has 94 valence electrons. The van der Waals surface area contributed by atoms with Crippen LogP contribution in [0.5, 0.6) is 0 Å². The molecule has 0 amide bonds. The first kappa shape index (κ1) is 11.9. The van der Waals surface area contributed by atoms with Crippen molar-refractivity contribution in [3.8, 4) is 0 Å². The topological polar surface area (TPSA) is 47.3 Å². The molecule has 0 spiro atoms. The second kappa shape index (κ2) is 4.81. The zero-order valence-electron chi connectivity index (χ0n) is 9.65.